The number of hydrogen-bond acceptors (Lipinski definition) is 4. The van der Waals surface area contributed by atoms with Crippen LogP contribution in [0.1, 0.15) is 45.9 Å². The number of carbonyl (C=O) groups excluding carboxylic acids is 1. The number of carboxylic acids is 1. The highest BCUT2D eigenvalue weighted by Crippen LogP contribution is 2.36. The second kappa shape index (κ2) is 8.82. The molecule has 1 amide bonds. The Morgan fingerprint density at radius 2 is 1.72 bits per heavy atom. The van der Waals surface area contributed by atoms with Crippen molar-refractivity contribution in [3.63, 3.8) is 0 Å². The molecule has 2 aromatic rings. The van der Waals surface area contributed by atoms with Crippen LogP contribution in [0.4, 0.5) is 13.2 Å². The highest BCUT2D eigenvalue weighted by Gasteiger charge is 2.36. The number of alkyl halides is 3. The predicted octanol–water partition coefficient (Wildman–Crippen LogP) is 4.29. The number of hydrogen-bond donors (Lipinski definition) is 1. The monoisotopic (exact) mass is 449 g/mol. The van der Waals surface area contributed by atoms with E-state index >= 15 is 0 Å². The number of aromatic carboxylic acids is 1. The molecule has 0 aliphatic carbocycles. The highest BCUT2D eigenvalue weighted by atomic mass is 19.4. The van der Waals surface area contributed by atoms with Gasteiger partial charge >= 0.3 is 12.1 Å². The van der Waals surface area contributed by atoms with Crippen LogP contribution in [0.2, 0.25) is 0 Å². The van der Waals surface area contributed by atoms with E-state index in [9.17, 15) is 27.9 Å². The van der Waals surface area contributed by atoms with Crippen LogP contribution in [0, 0.1) is 5.92 Å². The summed E-state index contributed by atoms with van der Waals surface area (Å²) in [5.74, 6) is -1.11. The SMILES string of the molecule is O=C(O)c1ccc2c(c1)OC[C@H](c1ccc(C(F)(F)F)cc1)N(C(=O)C1CCOCC1)C2. The molecule has 0 spiro atoms. The molecule has 0 unspecified atom stereocenters. The van der Waals surface area contributed by atoms with Gasteiger partial charge in [-0.3, -0.25) is 4.79 Å². The lowest BCUT2D eigenvalue weighted by Gasteiger charge is -2.34. The van der Waals surface area contributed by atoms with Crippen molar-refractivity contribution in [2.75, 3.05) is 19.8 Å². The second-order valence-electron chi connectivity index (χ2n) is 7.93. The molecule has 9 heteroatoms. The third-order valence-electron chi connectivity index (χ3n) is 5.90. The van der Waals surface area contributed by atoms with E-state index in [-0.39, 0.29) is 30.5 Å². The normalized spacial score (nSPS) is 19.6. The van der Waals surface area contributed by atoms with Gasteiger partial charge in [0.15, 0.2) is 0 Å². The molecule has 1 fully saturated rings. The molecule has 2 heterocycles. The molecule has 0 saturated carbocycles. The topological polar surface area (TPSA) is 76.1 Å². The van der Waals surface area contributed by atoms with Crippen molar-refractivity contribution in [3.8, 4) is 5.75 Å². The maximum absolute atomic E-state index is 13.4. The molecular formula is C23H22F3NO5. The van der Waals surface area contributed by atoms with Crippen LogP contribution in [-0.4, -0.2) is 41.7 Å². The first kappa shape index (κ1) is 22.1. The van der Waals surface area contributed by atoms with Crippen LogP contribution in [0.5, 0.6) is 5.75 Å². The van der Waals surface area contributed by atoms with Gasteiger partial charge in [0.05, 0.1) is 23.7 Å². The minimum Gasteiger partial charge on any atom is -0.491 e. The van der Waals surface area contributed by atoms with E-state index < -0.39 is 23.8 Å². The lowest BCUT2D eigenvalue weighted by Crippen LogP contribution is -2.41. The van der Waals surface area contributed by atoms with Gasteiger partial charge < -0.3 is 19.5 Å². The van der Waals surface area contributed by atoms with Gasteiger partial charge in [-0.1, -0.05) is 18.2 Å². The molecule has 32 heavy (non-hydrogen) atoms. The van der Waals surface area contributed by atoms with Crippen molar-refractivity contribution in [2.45, 2.75) is 31.6 Å². The molecule has 0 aromatic heterocycles. The summed E-state index contributed by atoms with van der Waals surface area (Å²) in [5.41, 5.74) is 0.445. The van der Waals surface area contributed by atoms with Crippen LogP contribution in [0.25, 0.3) is 0 Å². The third kappa shape index (κ3) is 4.57. The molecule has 170 valence electrons. The van der Waals surface area contributed by atoms with Crippen LogP contribution < -0.4 is 4.74 Å². The molecular weight excluding hydrogens is 427 g/mol. The Kier molecular flexibility index (Phi) is 6.10. The van der Waals surface area contributed by atoms with E-state index in [1.807, 2.05) is 0 Å². The molecule has 6 nitrogen and oxygen atoms in total. The van der Waals surface area contributed by atoms with Gasteiger partial charge in [0.2, 0.25) is 5.91 Å². The number of carboxylic acid groups (broad SMARTS) is 1. The largest absolute Gasteiger partial charge is 0.491 e. The van der Waals surface area contributed by atoms with Crippen molar-refractivity contribution in [1.29, 1.82) is 0 Å². The minimum atomic E-state index is -4.46. The Labute approximate surface area is 182 Å². The summed E-state index contributed by atoms with van der Waals surface area (Å²) >= 11 is 0. The first-order valence-corrected chi connectivity index (χ1v) is 10.3. The standard InChI is InChI=1S/C23H22F3NO5/c24-23(25,26)18-5-3-14(4-6-18)19-13-32-20-11-16(22(29)30)1-2-17(20)12-27(19)21(28)15-7-9-31-10-8-15/h1-6,11,15,19H,7-10,12-13H2,(H,29,30)/t19-/m1/s1. The van der Waals surface area contributed by atoms with Crippen molar-refractivity contribution in [3.05, 3.63) is 64.7 Å². The Bertz CT molecular complexity index is 1000. The predicted molar refractivity (Wildman–Crippen MR) is 107 cm³/mol. The number of benzene rings is 2. The smallest absolute Gasteiger partial charge is 0.416 e. The van der Waals surface area contributed by atoms with Gasteiger partial charge in [-0.25, -0.2) is 4.79 Å². The van der Waals surface area contributed by atoms with E-state index in [1.54, 1.807) is 11.0 Å². The summed E-state index contributed by atoms with van der Waals surface area (Å²) in [7, 11) is 0. The van der Waals surface area contributed by atoms with Crippen molar-refractivity contribution < 1.29 is 37.3 Å². The van der Waals surface area contributed by atoms with Crippen molar-refractivity contribution in [2.24, 2.45) is 5.92 Å². The van der Waals surface area contributed by atoms with Gasteiger partial charge in [0.25, 0.3) is 0 Å². The Hall–Kier alpha value is -3.07. The van der Waals surface area contributed by atoms with Crippen LogP contribution in [-0.2, 0) is 22.3 Å². The fourth-order valence-electron chi connectivity index (χ4n) is 4.09. The van der Waals surface area contributed by atoms with Crippen molar-refractivity contribution >= 4 is 11.9 Å². The Morgan fingerprint density at radius 3 is 2.34 bits per heavy atom. The average Bonchev–Trinajstić information content (AvgIpc) is 2.98. The van der Waals surface area contributed by atoms with E-state index in [0.29, 0.717) is 42.9 Å². The summed E-state index contributed by atoms with van der Waals surface area (Å²) in [4.78, 5) is 26.4. The van der Waals surface area contributed by atoms with Crippen LogP contribution in [0.3, 0.4) is 0 Å². The maximum atomic E-state index is 13.4. The molecule has 1 atom stereocenters. The molecule has 2 aromatic carbocycles. The summed E-state index contributed by atoms with van der Waals surface area (Å²) in [5, 5.41) is 9.26. The van der Waals surface area contributed by atoms with E-state index in [0.717, 1.165) is 12.1 Å². The number of amides is 1. The number of halogens is 3. The first-order chi connectivity index (χ1) is 15.2. The van der Waals surface area contributed by atoms with Crippen LogP contribution in [0.15, 0.2) is 42.5 Å². The zero-order chi connectivity index (χ0) is 22.9. The maximum Gasteiger partial charge on any atom is 0.416 e. The number of nitrogens with zero attached hydrogens (tertiary/aromatic N) is 1. The molecule has 4 rings (SSSR count). The molecule has 1 N–H and O–H groups in total. The van der Waals surface area contributed by atoms with Gasteiger partial charge in [0.1, 0.15) is 12.4 Å². The average molecular weight is 449 g/mol. The highest BCUT2D eigenvalue weighted by molar-refractivity contribution is 5.88. The summed E-state index contributed by atoms with van der Waals surface area (Å²) in [6.07, 6.45) is -3.32. The number of carbonyl (C=O) groups is 2. The number of fused-ring (bicyclic) bond motifs is 1. The van der Waals surface area contributed by atoms with Gasteiger partial charge in [0, 0.05) is 24.7 Å². The molecule has 2 aliphatic heterocycles. The van der Waals surface area contributed by atoms with E-state index in [1.165, 1.54) is 24.3 Å². The fourth-order valence-corrected chi connectivity index (χ4v) is 4.09. The van der Waals surface area contributed by atoms with Gasteiger partial charge in [-0.05, 0) is 42.7 Å². The van der Waals surface area contributed by atoms with Gasteiger partial charge in [-0.15, -0.1) is 0 Å². The lowest BCUT2D eigenvalue weighted by atomic mass is 9.95. The molecule has 0 bridgehead atoms. The quantitative estimate of drug-likeness (QED) is 0.757. The summed E-state index contributed by atoms with van der Waals surface area (Å²) in [6.45, 7) is 1.11. The molecule has 2 aliphatic rings. The summed E-state index contributed by atoms with van der Waals surface area (Å²) < 4.78 is 50.2. The summed E-state index contributed by atoms with van der Waals surface area (Å²) in [6, 6.07) is 8.55. The second-order valence-corrected chi connectivity index (χ2v) is 7.93. The zero-order valence-corrected chi connectivity index (χ0v) is 17.1. The number of ether oxygens (including phenoxy) is 2. The van der Waals surface area contributed by atoms with E-state index in [2.05, 4.69) is 0 Å². The Balaban J connectivity index is 1.69. The zero-order valence-electron chi connectivity index (χ0n) is 17.1. The minimum absolute atomic E-state index is 0.00357. The Morgan fingerprint density at radius 1 is 1.03 bits per heavy atom. The number of rotatable bonds is 3. The van der Waals surface area contributed by atoms with Crippen LogP contribution >= 0.6 is 0 Å². The molecule has 1 saturated heterocycles. The molecule has 0 radical (unpaired) electrons. The van der Waals surface area contributed by atoms with Gasteiger partial charge in [-0.2, -0.15) is 13.2 Å². The third-order valence-corrected chi connectivity index (χ3v) is 5.90. The van der Waals surface area contributed by atoms with E-state index in [4.69, 9.17) is 9.47 Å². The van der Waals surface area contributed by atoms with Crippen molar-refractivity contribution in [1.82, 2.24) is 4.90 Å². The lowest BCUT2D eigenvalue weighted by molar-refractivity contribution is -0.142. The first-order valence-electron chi connectivity index (χ1n) is 10.3. The fraction of sp³-hybridized carbons (Fsp3) is 0.391.